The molecule has 9 nitrogen and oxygen atoms in total. The predicted molar refractivity (Wildman–Crippen MR) is 125 cm³/mol. The van der Waals surface area contributed by atoms with E-state index < -0.39 is 6.10 Å². The van der Waals surface area contributed by atoms with E-state index in [2.05, 4.69) is 4.98 Å². The van der Waals surface area contributed by atoms with Gasteiger partial charge in [0, 0.05) is 51.7 Å². The van der Waals surface area contributed by atoms with E-state index in [0.29, 0.717) is 36.9 Å². The van der Waals surface area contributed by atoms with E-state index in [1.165, 1.54) is 10.6 Å². The summed E-state index contributed by atoms with van der Waals surface area (Å²) in [6.07, 6.45) is 2.91. The fourth-order valence-corrected chi connectivity index (χ4v) is 3.76. The Hall–Kier alpha value is -3.72. The molecule has 4 rings (SSSR count). The number of methoxy groups -OCH3 is 1. The minimum Gasteiger partial charge on any atom is -0.497 e. The van der Waals surface area contributed by atoms with Crippen molar-refractivity contribution in [1.82, 2.24) is 19.4 Å². The van der Waals surface area contributed by atoms with Crippen LogP contribution in [0.3, 0.4) is 0 Å². The molecule has 0 bridgehead atoms. The maximum Gasteiger partial charge on any atom is 0.255 e. The minimum absolute atomic E-state index is 0.149. The number of nitrogens with zero attached hydrogens (tertiary/aromatic N) is 5. The average Bonchev–Trinajstić information content (AvgIpc) is 2.85. The number of hydrogen-bond donors (Lipinski definition) is 0. The third kappa shape index (κ3) is 4.73. The molecule has 0 unspecified atom stereocenters. The molecule has 0 radical (unpaired) electrons. The molecule has 2 aromatic heterocycles. The summed E-state index contributed by atoms with van der Waals surface area (Å²) in [6, 6.07) is 10.6. The van der Waals surface area contributed by atoms with Crippen LogP contribution >= 0.6 is 0 Å². The second-order valence-electron chi connectivity index (χ2n) is 8.07. The number of carbonyl (C=O) groups excluding carboxylic acids is 1. The van der Waals surface area contributed by atoms with Crippen molar-refractivity contribution in [3.05, 3.63) is 70.4 Å². The maximum absolute atomic E-state index is 13.2. The molecule has 0 spiro atoms. The first-order valence-electron chi connectivity index (χ1n) is 10.6. The highest BCUT2D eigenvalue weighted by molar-refractivity contribution is 5.94. The molecule has 1 atom stereocenters. The number of aromatic nitrogens is 3. The topological polar surface area (TPSA) is 89.8 Å². The summed E-state index contributed by atoms with van der Waals surface area (Å²) in [4.78, 5) is 37.7. The molecule has 1 fully saturated rings. The second-order valence-corrected chi connectivity index (χ2v) is 8.07. The molecule has 1 aliphatic rings. The molecule has 9 heteroatoms. The highest BCUT2D eigenvalue weighted by Gasteiger charge is 2.30. The van der Waals surface area contributed by atoms with Crippen LogP contribution in [0.1, 0.15) is 22.2 Å². The van der Waals surface area contributed by atoms with Gasteiger partial charge in [-0.2, -0.15) is 0 Å². The van der Waals surface area contributed by atoms with Crippen molar-refractivity contribution in [3.8, 4) is 16.9 Å². The first-order chi connectivity index (χ1) is 15.9. The van der Waals surface area contributed by atoms with Crippen molar-refractivity contribution in [1.29, 1.82) is 0 Å². The number of carbonyl (C=O) groups is 1. The summed E-state index contributed by atoms with van der Waals surface area (Å²) in [6.45, 7) is 1.17. The van der Waals surface area contributed by atoms with Crippen LogP contribution in [0, 0.1) is 0 Å². The van der Waals surface area contributed by atoms with Crippen LogP contribution in [0.5, 0.6) is 5.75 Å². The summed E-state index contributed by atoms with van der Waals surface area (Å²) in [5.41, 5.74) is 2.73. The largest absolute Gasteiger partial charge is 0.497 e. The van der Waals surface area contributed by atoms with Gasteiger partial charge in [-0.3, -0.25) is 9.59 Å². The minimum atomic E-state index is -0.432. The van der Waals surface area contributed by atoms with Crippen LogP contribution in [0.25, 0.3) is 11.1 Å². The van der Waals surface area contributed by atoms with Gasteiger partial charge in [-0.1, -0.05) is 12.1 Å². The van der Waals surface area contributed by atoms with Gasteiger partial charge in [0.2, 0.25) is 11.5 Å². The van der Waals surface area contributed by atoms with Crippen molar-refractivity contribution in [2.24, 2.45) is 7.05 Å². The van der Waals surface area contributed by atoms with E-state index in [1.54, 1.807) is 37.5 Å². The number of hydrogen-bond acceptors (Lipinski definition) is 7. The summed E-state index contributed by atoms with van der Waals surface area (Å²) < 4.78 is 12.9. The number of aryl methyl sites for hydroxylation is 1. The van der Waals surface area contributed by atoms with Gasteiger partial charge in [-0.05, 0) is 23.8 Å². The Balaban J connectivity index is 1.69. The molecule has 33 heavy (non-hydrogen) atoms. The van der Waals surface area contributed by atoms with Crippen LogP contribution in [0.2, 0.25) is 0 Å². The molecular weight excluding hydrogens is 422 g/mol. The average molecular weight is 450 g/mol. The zero-order valence-corrected chi connectivity index (χ0v) is 19.2. The molecule has 3 aromatic rings. The van der Waals surface area contributed by atoms with Crippen LogP contribution in [-0.4, -0.2) is 66.2 Å². The fraction of sp³-hybridized carbons (Fsp3) is 0.333. The number of anilines is 1. The quantitative estimate of drug-likeness (QED) is 0.589. The van der Waals surface area contributed by atoms with Gasteiger partial charge >= 0.3 is 0 Å². The summed E-state index contributed by atoms with van der Waals surface area (Å²) >= 11 is 0. The van der Waals surface area contributed by atoms with Crippen molar-refractivity contribution in [2.75, 3.05) is 45.8 Å². The maximum atomic E-state index is 13.2. The van der Waals surface area contributed by atoms with Gasteiger partial charge in [-0.25, -0.2) is 9.97 Å². The Bertz CT molecular complexity index is 1220. The SMILES string of the molecule is COc1cccc(-c2cnc(N(C)C)nc2[C@@H]2CN(C(=O)c3ccc(=O)n(C)c3)CCO2)c1. The standard InChI is InChI=1S/C24H27N5O4/c1-27(2)24-25-13-19(16-6-5-7-18(12-16)32-4)22(26-24)20-15-29(10-11-33-20)23(31)17-8-9-21(30)28(3)14-17/h5-9,12-14,20H,10-11,15H2,1-4H3/t20-/m0/s1. The van der Waals surface area contributed by atoms with Crippen LogP contribution in [0.15, 0.2) is 53.6 Å². The first kappa shape index (κ1) is 22.5. The summed E-state index contributed by atoms with van der Waals surface area (Å²) in [7, 11) is 7.01. The third-order valence-corrected chi connectivity index (χ3v) is 5.58. The molecule has 0 aliphatic carbocycles. The number of benzene rings is 1. The molecule has 1 aromatic carbocycles. The molecule has 1 amide bonds. The van der Waals surface area contributed by atoms with E-state index in [-0.39, 0.29) is 11.5 Å². The van der Waals surface area contributed by atoms with Crippen molar-refractivity contribution >= 4 is 11.9 Å². The molecule has 1 saturated heterocycles. The van der Waals surface area contributed by atoms with Crippen LogP contribution in [0.4, 0.5) is 5.95 Å². The monoisotopic (exact) mass is 449 g/mol. The van der Waals surface area contributed by atoms with E-state index in [9.17, 15) is 9.59 Å². The van der Waals surface area contributed by atoms with Crippen LogP contribution in [-0.2, 0) is 11.8 Å². The van der Waals surface area contributed by atoms with E-state index in [1.807, 2.05) is 43.3 Å². The lowest BCUT2D eigenvalue weighted by Gasteiger charge is -2.33. The third-order valence-electron chi connectivity index (χ3n) is 5.58. The Morgan fingerprint density at radius 2 is 2.06 bits per heavy atom. The van der Waals surface area contributed by atoms with Crippen molar-refractivity contribution < 1.29 is 14.3 Å². The first-order valence-corrected chi connectivity index (χ1v) is 10.6. The molecule has 0 N–H and O–H groups in total. The predicted octanol–water partition coefficient (Wildman–Crippen LogP) is 2.13. The molecule has 172 valence electrons. The zero-order valence-electron chi connectivity index (χ0n) is 19.2. The number of rotatable bonds is 5. The van der Waals surface area contributed by atoms with Crippen molar-refractivity contribution in [2.45, 2.75) is 6.10 Å². The van der Waals surface area contributed by atoms with E-state index in [4.69, 9.17) is 14.5 Å². The molecule has 0 saturated carbocycles. The summed E-state index contributed by atoms with van der Waals surface area (Å²) in [5.74, 6) is 1.14. The van der Waals surface area contributed by atoms with Gasteiger partial charge in [0.05, 0.1) is 31.5 Å². The van der Waals surface area contributed by atoms with Gasteiger partial charge in [0.1, 0.15) is 11.9 Å². The van der Waals surface area contributed by atoms with Gasteiger partial charge in [0.25, 0.3) is 5.91 Å². The van der Waals surface area contributed by atoms with E-state index in [0.717, 1.165) is 16.9 Å². The fourth-order valence-electron chi connectivity index (χ4n) is 3.76. The Labute approximate surface area is 192 Å². The Morgan fingerprint density at radius 1 is 1.24 bits per heavy atom. The van der Waals surface area contributed by atoms with Crippen LogP contribution < -0.4 is 15.2 Å². The number of ether oxygens (including phenoxy) is 2. The van der Waals surface area contributed by atoms with Crippen molar-refractivity contribution in [3.63, 3.8) is 0 Å². The van der Waals surface area contributed by atoms with Gasteiger partial charge in [0.15, 0.2) is 0 Å². The zero-order chi connectivity index (χ0) is 23.5. The summed E-state index contributed by atoms with van der Waals surface area (Å²) in [5, 5.41) is 0. The number of morpholine rings is 1. The Morgan fingerprint density at radius 3 is 2.79 bits per heavy atom. The normalized spacial score (nSPS) is 15.9. The highest BCUT2D eigenvalue weighted by atomic mass is 16.5. The highest BCUT2D eigenvalue weighted by Crippen LogP contribution is 2.33. The second kappa shape index (κ2) is 9.41. The van der Waals surface area contributed by atoms with Gasteiger partial charge < -0.3 is 23.8 Å². The molecule has 3 heterocycles. The molecule has 1 aliphatic heterocycles. The van der Waals surface area contributed by atoms with E-state index >= 15 is 0 Å². The lowest BCUT2D eigenvalue weighted by atomic mass is 10.0. The number of pyridine rings is 1. The lowest BCUT2D eigenvalue weighted by molar-refractivity contribution is -0.0244. The lowest BCUT2D eigenvalue weighted by Crippen LogP contribution is -2.43. The number of amides is 1. The Kier molecular flexibility index (Phi) is 6.41. The molecular formula is C24H27N5O4. The van der Waals surface area contributed by atoms with Gasteiger partial charge in [-0.15, -0.1) is 0 Å². The smallest absolute Gasteiger partial charge is 0.255 e.